The van der Waals surface area contributed by atoms with Gasteiger partial charge in [0.15, 0.2) is 0 Å². The molecule has 9 heteroatoms. The van der Waals surface area contributed by atoms with E-state index in [2.05, 4.69) is 74.3 Å². The number of aryl methyl sites for hydroxylation is 4. The lowest BCUT2D eigenvalue weighted by molar-refractivity contribution is -0.192. The van der Waals surface area contributed by atoms with Crippen LogP contribution in [0.5, 0.6) is 0 Å². The average Bonchev–Trinajstić information content (AvgIpc) is 3.40. The van der Waals surface area contributed by atoms with Crippen molar-refractivity contribution in [2.24, 2.45) is 0 Å². The van der Waals surface area contributed by atoms with Gasteiger partial charge in [-0.1, -0.05) is 42.0 Å². The lowest BCUT2D eigenvalue weighted by Crippen LogP contribution is -2.35. The zero-order valence-electron chi connectivity index (χ0n) is 20.7. The molecule has 1 aromatic heterocycles. The number of carboxylic acids is 1. The predicted octanol–water partition coefficient (Wildman–Crippen LogP) is 5.62. The second-order valence-corrected chi connectivity index (χ2v) is 9.41. The molecule has 0 unspecified atom stereocenters. The van der Waals surface area contributed by atoms with E-state index in [1.807, 2.05) is 0 Å². The van der Waals surface area contributed by atoms with Crippen LogP contribution in [0.4, 0.5) is 30.6 Å². The van der Waals surface area contributed by atoms with Gasteiger partial charge in [0.2, 0.25) is 5.95 Å². The minimum Gasteiger partial charge on any atom is -0.475 e. The molecular formula is C27H29F3N4O2. The molecule has 2 aromatic carbocycles. The maximum absolute atomic E-state index is 10.6. The molecule has 1 aliphatic carbocycles. The summed E-state index contributed by atoms with van der Waals surface area (Å²) in [6, 6.07) is 13.8. The molecule has 2 aliphatic rings. The first-order chi connectivity index (χ1) is 16.9. The Hall–Kier alpha value is -3.62. The number of anilines is 3. The van der Waals surface area contributed by atoms with Gasteiger partial charge in [0, 0.05) is 29.5 Å². The van der Waals surface area contributed by atoms with Crippen molar-refractivity contribution < 1.29 is 23.1 Å². The van der Waals surface area contributed by atoms with Crippen molar-refractivity contribution in [3.63, 3.8) is 0 Å². The van der Waals surface area contributed by atoms with Crippen LogP contribution in [-0.4, -0.2) is 39.8 Å². The first-order valence-electron chi connectivity index (χ1n) is 11.8. The number of carbonyl (C=O) groups is 1. The smallest absolute Gasteiger partial charge is 0.475 e. The van der Waals surface area contributed by atoms with Crippen LogP contribution in [0.1, 0.15) is 39.1 Å². The number of alkyl halides is 3. The third-order valence-electron chi connectivity index (χ3n) is 6.69. The van der Waals surface area contributed by atoms with Crippen molar-refractivity contribution in [2.45, 2.75) is 59.2 Å². The molecule has 0 radical (unpaired) electrons. The molecule has 1 aliphatic heterocycles. The van der Waals surface area contributed by atoms with Crippen LogP contribution in [0, 0.1) is 27.7 Å². The SMILES string of the molecule is Cc1cc(C)c(Nc2nc(C)c3c(n2)N(C2Cc4ccccc4C2)CC3)c(C)c1.O=C(O)C(F)(F)F. The molecular weight excluding hydrogens is 469 g/mol. The van der Waals surface area contributed by atoms with Gasteiger partial charge in [0.25, 0.3) is 0 Å². The second-order valence-electron chi connectivity index (χ2n) is 9.41. The minimum absolute atomic E-state index is 0.499. The Bertz CT molecular complexity index is 1260. The standard InChI is InChI=1S/C25H28N4.C2HF3O2/c1-15-11-16(2)23(17(3)12-15)27-25-26-18(4)22-9-10-29(24(22)28-25)21-13-19-7-5-6-8-20(19)14-21;3-2(4,5)1(6)7/h5-8,11-12,21H,9-10,13-14H2,1-4H3,(H,26,27,28);(H,6,7). The number of aromatic nitrogens is 2. The lowest BCUT2D eigenvalue weighted by Gasteiger charge is -2.26. The summed E-state index contributed by atoms with van der Waals surface area (Å²) in [6.45, 7) is 9.58. The highest BCUT2D eigenvalue weighted by molar-refractivity contribution is 5.73. The molecule has 0 bridgehead atoms. The van der Waals surface area contributed by atoms with Crippen molar-refractivity contribution in [1.82, 2.24) is 9.97 Å². The molecule has 0 spiro atoms. The van der Waals surface area contributed by atoms with E-state index in [9.17, 15) is 13.2 Å². The first-order valence-corrected chi connectivity index (χ1v) is 11.8. The molecule has 36 heavy (non-hydrogen) atoms. The molecule has 190 valence electrons. The van der Waals surface area contributed by atoms with Gasteiger partial charge < -0.3 is 15.3 Å². The summed E-state index contributed by atoms with van der Waals surface area (Å²) < 4.78 is 31.7. The van der Waals surface area contributed by atoms with E-state index < -0.39 is 12.1 Å². The monoisotopic (exact) mass is 498 g/mol. The molecule has 0 atom stereocenters. The van der Waals surface area contributed by atoms with Gasteiger partial charge in [-0.15, -0.1) is 0 Å². The van der Waals surface area contributed by atoms with Gasteiger partial charge in [-0.3, -0.25) is 0 Å². The largest absolute Gasteiger partial charge is 0.490 e. The normalized spacial score (nSPS) is 14.7. The fourth-order valence-corrected chi connectivity index (χ4v) is 5.11. The van der Waals surface area contributed by atoms with E-state index in [1.165, 1.54) is 33.4 Å². The number of nitrogens with one attached hydrogen (secondary N) is 1. The highest BCUT2D eigenvalue weighted by Gasteiger charge is 2.38. The Kier molecular flexibility index (Phi) is 6.93. The number of benzene rings is 2. The summed E-state index contributed by atoms with van der Waals surface area (Å²) >= 11 is 0. The van der Waals surface area contributed by atoms with E-state index in [0.717, 1.165) is 43.0 Å². The van der Waals surface area contributed by atoms with Crippen molar-refractivity contribution in [3.05, 3.63) is 75.5 Å². The zero-order chi connectivity index (χ0) is 26.2. The number of hydrogen-bond donors (Lipinski definition) is 2. The van der Waals surface area contributed by atoms with Crippen LogP contribution in [0.2, 0.25) is 0 Å². The maximum Gasteiger partial charge on any atom is 0.490 e. The maximum atomic E-state index is 10.6. The quantitative estimate of drug-likeness (QED) is 0.488. The molecule has 0 saturated carbocycles. The van der Waals surface area contributed by atoms with Crippen LogP contribution in [0.3, 0.4) is 0 Å². The van der Waals surface area contributed by atoms with Crippen molar-refractivity contribution >= 4 is 23.4 Å². The van der Waals surface area contributed by atoms with E-state index in [-0.39, 0.29) is 0 Å². The van der Waals surface area contributed by atoms with Crippen LogP contribution >= 0.6 is 0 Å². The molecule has 3 aromatic rings. The molecule has 5 rings (SSSR count). The molecule has 6 nitrogen and oxygen atoms in total. The Morgan fingerprint density at radius 3 is 2.11 bits per heavy atom. The lowest BCUT2D eigenvalue weighted by atomic mass is 10.1. The Labute approximate surface area is 208 Å². The number of aliphatic carboxylic acids is 1. The number of halogens is 3. The summed E-state index contributed by atoms with van der Waals surface area (Å²) in [5.74, 6) is -0.925. The summed E-state index contributed by atoms with van der Waals surface area (Å²) in [5, 5.41) is 10.6. The first kappa shape index (κ1) is 25.5. The number of nitrogens with zero attached hydrogens (tertiary/aromatic N) is 3. The number of fused-ring (bicyclic) bond motifs is 2. The average molecular weight is 499 g/mol. The molecule has 2 heterocycles. The molecule has 0 fully saturated rings. The van der Waals surface area contributed by atoms with Crippen LogP contribution < -0.4 is 10.2 Å². The number of rotatable bonds is 3. The van der Waals surface area contributed by atoms with E-state index in [1.54, 1.807) is 0 Å². The fourth-order valence-electron chi connectivity index (χ4n) is 5.11. The van der Waals surface area contributed by atoms with Crippen molar-refractivity contribution in [2.75, 3.05) is 16.8 Å². The second kappa shape index (κ2) is 9.79. The molecule has 2 N–H and O–H groups in total. The Balaban J connectivity index is 0.000000384. The summed E-state index contributed by atoms with van der Waals surface area (Å²) in [5.41, 5.74) is 10.2. The topological polar surface area (TPSA) is 78.4 Å². The summed E-state index contributed by atoms with van der Waals surface area (Å²) in [4.78, 5) is 21.2. The Morgan fingerprint density at radius 2 is 1.58 bits per heavy atom. The number of hydrogen-bond acceptors (Lipinski definition) is 5. The Morgan fingerprint density at radius 1 is 1.03 bits per heavy atom. The zero-order valence-corrected chi connectivity index (χ0v) is 20.7. The fraction of sp³-hybridized carbons (Fsp3) is 0.370. The third kappa shape index (κ3) is 5.29. The summed E-state index contributed by atoms with van der Waals surface area (Å²) in [6.07, 6.45) is -1.83. The van der Waals surface area contributed by atoms with Crippen molar-refractivity contribution in [3.8, 4) is 0 Å². The molecule has 0 saturated heterocycles. The van der Waals surface area contributed by atoms with Gasteiger partial charge in [-0.25, -0.2) is 9.78 Å². The predicted molar refractivity (Wildman–Crippen MR) is 133 cm³/mol. The van der Waals surface area contributed by atoms with Gasteiger partial charge in [-0.2, -0.15) is 18.2 Å². The van der Waals surface area contributed by atoms with Crippen LogP contribution in [0.25, 0.3) is 0 Å². The highest BCUT2D eigenvalue weighted by Crippen LogP contribution is 2.36. The van der Waals surface area contributed by atoms with Crippen molar-refractivity contribution in [1.29, 1.82) is 0 Å². The summed E-state index contributed by atoms with van der Waals surface area (Å²) in [7, 11) is 0. The van der Waals surface area contributed by atoms with Gasteiger partial charge >= 0.3 is 12.1 Å². The van der Waals surface area contributed by atoms with Gasteiger partial charge in [-0.05, 0) is 69.2 Å². The van der Waals surface area contributed by atoms with Crippen LogP contribution in [0.15, 0.2) is 36.4 Å². The molecule has 0 amide bonds. The van der Waals surface area contributed by atoms with E-state index in [4.69, 9.17) is 19.9 Å². The highest BCUT2D eigenvalue weighted by atomic mass is 19.4. The van der Waals surface area contributed by atoms with E-state index >= 15 is 0 Å². The number of carboxylic acid groups (broad SMARTS) is 1. The van der Waals surface area contributed by atoms with Gasteiger partial charge in [0.05, 0.1) is 0 Å². The van der Waals surface area contributed by atoms with Crippen LogP contribution in [-0.2, 0) is 24.1 Å². The van der Waals surface area contributed by atoms with E-state index in [0.29, 0.717) is 12.0 Å². The minimum atomic E-state index is -5.08. The third-order valence-corrected chi connectivity index (χ3v) is 6.69. The van der Waals surface area contributed by atoms with Gasteiger partial charge in [0.1, 0.15) is 5.82 Å².